The van der Waals surface area contributed by atoms with E-state index >= 15 is 0 Å². The molecule has 7 heterocycles. The number of nitrogens with one attached hydrogen (secondary N) is 2. The number of nitrogens with zero attached hydrogens (tertiary/aromatic N) is 4. The zero-order valence-corrected chi connectivity index (χ0v) is 74.6. The minimum atomic E-state index is -0.983. The van der Waals surface area contributed by atoms with Crippen LogP contribution < -0.4 is 23.7 Å². The van der Waals surface area contributed by atoms with E-state index in [0.717, 1.165) is 250 Å². The van der Waals surface area contributed by atoms with Crippen molar-refractivity contribution in [2.24, 2.45) is 0 Å². The fourth-order valence-electron chi connectivity index (χ4n) is 17.2. The number of fused-ring (bicyclic) bond motifs is 11. The number of H-pyrrole nitrogens is 2. The summed E-state index contributed by atoms with van der Waals surface area (Å²) in [4.78, 5) is 34.7. The van der Waals surface area contributed by atoms with Gasteiger partial charge in [0.1, 0.15) is 39.8 Å². The lowest BCUT2D eigenvalue weighted by Crippen LogP contribution is -2.30. The van der Waals surface area contributed by atoms with Crippen LogP contribution in [-0.4, -0.2) is 72.8 Å². The molecular weight excluding hydrogens is 1530 g/mol. The Kier molecular flexibility index (Phi) is 33.4. The highest BCUT2D eigenvalue weighted by Crippen LogP contribution is 2.60. The quantitative estimate of drug-likeness (QED) is 0.0245. The maximum Gasteiger partial charge on any atom is 0.335 e. The van der Waals surface area contributed by atoms with Gasteiger partial charge in [-0.25, -0.2) is 14.8 Å². The average molecular weight is 1660 g/mol. The molecule has 0 radical (unpaired) electrons. The molecule has 634 valence electrons. The average Bonchev–Trinajstić information content (AvgIpc) is 1.57. The minimum Gasteiger partial charge on any atom is -0.494 e. The van der Waals surface area contributed by atoms with Crippen molar-refractivity contribution in [1.82, 2.24) is 28.7 Å². The largest absolute Gasteiger partial charge is 0.494 e. The van der Waals surface area contributed by atoms with Gasteiger partial charge in [0.15, 0.2) is 0 Å². The molecule has 8 bridgehead atoms. The molecule has 10 aromatic rings. The van der Waals surface area contributed by atoms with Gasteiger partial charge in [-0.05, 0) is 177 Å². The summed E-state index contributed by atoms with van der Waals surface area (Å²) in [5.74, 6) is 17.7. The van der Waals surface area contributed by atoms with Crippen molar-refractivity contribution in [3.63, 3.8) is 0 Å². The molecule has 0 saturated carbocycles. The molecule has 5 aromatic heterocycles. The molecule has 15 heteroatoms. The molecule has 1 aliphatic carbocycles. The molecular formula is C106H126N6O7S2. The number of carbonyl (C=O) groups is 1. The molecule has 0 fully saturated rings. The van der Waals surface area contributed by atoms with Gasteiger partial charge < -0.3 is 38.8 Å². The number of thiophene rings is 1. The number of unbranched alkanes of at least 4 members (excludes halogenated alkanes) is 25. The second-order valence-corrected chi connectivity index (χ2v) is 34.6. The van der Waals surface area contributed by atoms with Crippen molar-refractivity contribution < 1.29 is 33.6 Å². The van der Waals surface area contributed by atoms with Crippen LogP contribution in [0.5, 0.6) is 28.7 Å². The summed E-state index contributed by atoms with van der Waals surface area (Å²) in [6.45, 7) is 18.8. The van der Waals surface area contributed by atoms with Gasteiger partial charge in [-0.15, -0.1) is 11.3 Å². The molecule has 5 aromatic carbocycles. The van der Waals surface area contributed by atoms with Crippen LogP contribution in [0.4, 0.5) is 0 Å². The molecule has 0 saturated heterocycles. The maximum absolute atomic E-state index is 12.0. The van der Waals surface area contributed by atoms with Crippen molar-refractivity contribution in [3.8, 4) is 96.3 Å². The van der Waals surface area contributed by atoms with Crippen LogP contribution in [0.3, 0.4) is 0 Å². The van der Waals surface area contributed by atoms with Crippen molar-refractivity contribution in [3.05, 3.63) is 183 Å². The van der Waals surface area contributed by atoms with Gasteiger partial charge >= 0.3 is 5.97 Å². The second kappa shape index (κ2) is 45.6. The molecule has 13 nitrogen and oxygen atoms in total. The van der Waals surface area contributed by atoms with E-state index in [4.69, 9.17) is 42.4 Å². The number of carboxylic acid groups (broad SMARTS) is 1. The van der Waals surface area contributed by atoms with E-state index in [-0.39, 0.29) is 5.56 Å². The first-order valence-electron chi connectivity index (χ1n) is 46.1. The fraction of sp³-hybridized carbons (Fsp3) is 0.443. The summed E-state index contributed by atoms with van der Waals surface area (Å²) in [6.07, 6.45) is 44.3. The zero-order chi connectivity index (χ0) is 84.0. The Balaban J connectivity index is 1.11. The van der Waals surface area contributed by atoms with Crippen molar-refractivity contribution >= 4 is 85.9 Å². The van der Waals surface area contributed by atoms with Gasteiger partial charge in [-0.1, -0.05) is 276 Å². The van der Waals surface area contributed by atoms with Crippen LogP contribution >= 0.6 is 23.1 Å². The first-order chi connectivity index (χ1) is 59.6. The molecule has 3 N–H and O–H groups in total. The van der Waals surface area contributed by atoms with Crippen molar-refractivity contribution in [2.45, 2.75) is 272 Å². The maximum atomic E-state index is 12.0. The number of carboxylic acids is 1. The Morgan fingerprint density at radius 2 is 0.884 bits per heavy atom. The molecule has 3 aliphatic rings. The Labute approximate surface area is 727 Å². The Morgan fingerprint density at radius 3 is 1.41 bits per heavy atom. The van der Waals surface area contributed by atoms with Crippen LogP contribution in [0.15, 0.2) is 127 Å². The predicted molar refractivity (Wildman–Crippen MR) is 506 cm³/mol. The van der Waals surface area contributed by atoms with Gasteiger partial charge in [-0.2, -0.15) is 8.75 Å². The third-order valence-electron chi connectivity index (χ3n) is 23.9. The topological polar surface area (TPSA) is 167 Å². The third kappa shape index (κ3) is 22.4. The number of allylic oxidation sites excluding steroid dienone is 1. The Hall–Kier alpha value is -10.2. The molecule has 121 heavy (non-hydrogen) atoms. The summed E-state index contributed by atoms with van der Waals surface area (Å²) in [5.41, 5.74) is 18.4. The Bertz CT molecular complexity index is 5380. The number of ether oxygens (including phenoxy) is 5. The molecule has 2 aliphatic heterocycles. The van der Waals surface area contributed by atoms with Gasteiger partial charge in [0.05, 0.1) is 106 Å². The monoisotopic (exact) mass is 1660 g/mol. The first kappa shape index (κ1) is 88.6. The molecule has 0 atom stereocenters. The predicted octanol–water partition coefficient (Wildman–Crippen LogP) is 29.8. The Morgan fingerprint density at radius 1 is 0.421 bits per heavy atom. The summed E-state index contributed by atoms with van der Waals surface area (Å²) < 4.78 is 44.8. The van der Waals surface area contributed by atoms with Crippen LogP contribution in [0.1, 0.15) is 327 Å². The summed E-state index contributed by atoms with van der Waals surface area (Å²) in [6, 6.07) is 43.2. The number of hydrogen-bond donors (Lipinski definition) is 3. The lowest BCUT2D eigenvalue weighted by atomic mass is 9.63. The number of hydrogen-bond acceptors (Lipinski definition) is 12. The van der Waals surface area contributed by atoms with Crippen LogP contribution in [-0.2, 0) is 5.41 Å². The number of aromatic nitrogens is 6. The first-order valence-corrected chi connectivity index (χ1v) is 47.6. The van der Waals surface area contributed by atoms with Crippen LogP contribution in [0.2, 0.25) is 0 Å². The van der Waals surface area contributed by atoms with E-state index in [1.807, 2.05) is 24.3 Å². The summed E-state index contributed by atoms with van der Waals surface area (Å²) >= 11 is 2.91. The zero-order valence-electron chi connectivity index (χ0n) is 72.9. The van der Waals surface area contributed by atoms with E-state index in [2.05, 4.69) is 191 Å². The lowest BCUT2D eigenvalue weighted by molar-refractivity contribution is 0.0696. The van der Waals surface area contributed by atoms with Crippen molar-refractivity contribution in [2.75, 3.05) is 33.0 Å². The third-order valence-corrected chi connectivity index (χ3v) is 25.5. The molecule has 0 spiro atoms. The number of aromatic carboxylic acids is 1. The number of benzene rings is 5. The fourth-order valence-corrected chi connectivity index (χ4v) is 18.9. The van der Waals surface area contributed by atoms with Gasteiger partial charge in [0, 0.05) is 54.7 Å². The van der Waals surface area contributed by atoms with Gasteiger partial charge in [0.25, 0.3) is 0 Å². The van der Waals surface area contributed by atoms with E-state index < -0.39 is 11.4 Å². The molecule has 0 amide bonds. The normalized spacial score (nSPS) is 12.4. The van der Waals surface area contributed by atoms with Gasteiger partial charge in [-0.3, -0.25) is 0 Å². The van der Waals surface area contributed by atoms with E-state index in [1.165, 1.54) is 107 Å². The van der Waals surface area contributed by atoms with Crippen LogP contribution in [0, 0.1) is 23.7 Å². The van der Waals surface area contributed by atoms with E-state index in [0.29, 0.717) is 66.6 Å². The minimum absolute atomic E-state index is 0.209. The smallest absolute Gasteiger partial charge is 0.335 e. The highest BCUT2D eigenvalue weighted by molar-refractivity contribution is 7.16. The van der Waals surface area contributed by atoms with Crippen molar-refractivity contribution in [1.29, 1.82) is 0 Å². The highest BCUT2D eigenvalue weighted by Gasteiger charge is 2.46. The van der Waals surface area contributed by atoms with E-state index in [1.54, 1.807) is 23.5 Å². The number of aromatic amines is 2. The summed E-state index contributed by atoms with van der Waals surface area (Å²) in [5, 5.41) is 9.85. The summed E-state index contributed by atoms with van der Waals surface area (Å²) in [7, 11) is 0. The van der Waals surface area contributed by atoms with Crippen LogP contribution in [0.25, 0.3) is 101 Å². The SMILES string of the molecule is CCCCCCCCOc1cccc(OCCCCCCCC)c1-c1c2nc3c(c4ccc([nH]4)c(-c4c(OCCCCCCCC)cccc4OCCCCCCCC)c4nc(c(C#Cc5ccc(-c6ccc(C(=O)O)cc6)c6nsnc56)c5ccc1[nH]5)C=C4)-c1sc(C#Cc4ccc(OCCCCCC)cc4)cc1C(CCCC)(CCCC)C3=C2. The molecule has 0 unspecified atom stereocenters. The van der Waals surface area contributed by atoms with Gasteiger partial charge in [0.2, 0.25) is 0 Å². The standard InChI is InChI=1S/C106H126N6O7S2/c1-8-15-22-27-31-36-69-116-92-42-40-43-93(117-70-37-32-28-23-16-9-2)99(92)96-87-62-60-85(107-87)82(59-54-77-53-58-81(102-101(77)111-121-112-102)76-49-51-78(52-50-76)105(113)114)86-61-63-89(108-86)97(100-94(118-71-38-33-29-24-17-10-3)44-41-45-95(100)119-72-39-34-30-25-18-11-4)91-74-83-103(110-91)98(90-65-64-88(96)109-90)104-84(106(83,66-20-13-6)67-21-14-7)73-80(120-104)57-48-75-46-55-79(56-47-75)115-68-35-26-19-12-5/h40-47,49-53,55-56,58,60-65,73-74,108-109H,8-39,66-72H2,1-7H3,(H,113,114). The lowest BCUT2D eigenvalue weighted by Gasteiger charge is -2.40. The molecule has 13 rings (SSSR count). The highest BCUT2D eigenvalue weighted by atomic mass is 32.1. The van der Waals surface area contributed by atoms with E-state index in [9.17, 15) is 9.90 Å². The number of rotatable bonds is 48. The second-order valence-electron chi connectivity index (χ2n) is 33.0.